The molecule has 0 radical (unpaired) electrons. The van der Waals surface area contributed by atoms with Crippen molar-refractivity contribution in [1.29, 1.82) is 0 Å². The topological polar surface area (TPSA) is 79.1 Å². The number of hydrogen-bond acceptors (Lipinski definition) is 8. The molecule has 3 aromatic heterocycles. The summed E-state index contributed by atoms with van der Waals surface area (Å²) in [5.41, 5.74) is -0.713. The van der Waals surface area contributed by atoms with Crippen LogP contribution in [-0.4, -0.2) is 94.3 Å². The van der Waals surface area contributed by atoms with Gasteiger partial charge in [-0.15, -0.1) is 11.3 Å². The average Bonchev–Trinajstić information content (AvgIpc) is 3.68. The van der Waals surface area contributed by atoms with Crippen molar-refractivity contribution in [2.24, 2.45) is 0 Å². The first-order chi connectivity index (χ1) is 22.6. The Balaban J connectivity index is 1.32. The maximum atomic E-state index is 16.6. The van der Waals surface area contributed by atoms with Crippen LogP contribution in [0.1, 0.15) is 19.3 Å². The zero-order chi connectivity index (χ0) is 33.0. The molecule has 7 rings (SSSR count). The van der Waals surface area contributed by atoms with Gasteiger partial charge in [-0.25, -0.2) is 24.1 Å². The van der Waals surface area contributed by atoms with Gasteiger partial charge in [0.05, 0.1) is 10.9 Å². The lowest BCUT2D eigenvalue weighted by molar-refractivity contribution is -0.131. The molecule has 1 amide bonds. The number of thiophene rings is 1. The highest BCUT2D eigenvalue weighted by molar-refractivity contribution is 7.18. The van der Waals surface area contributed by atoms with Crippen LogP contribution in [0.15, 0.2) is 36.8 Å². The number of fused-ring (bicyclic) bond motifs is 3. The maximum absolute atomic E-state index is 16.6. The third-order valence-electron chi connectivity index (χ3n) is 9.32. The van der Waals surface area contributed by atoms with Crippen LogP contribution < -0.4 is 9.64 Å². The van der Waals surface area contributed by atoms with E-state index in [0.717, 1.165) is 19.4 Å². The number of pyridine rings is 1. The minimum absolute atomic E-state index is 0.00368. The molecular formula is C32H28F5N7O2S. The number of rotatable bonds is 7. The average molecular weight is 670 g/mol. The van der Waals surface area contributed by atoms with Crippen LogP contribution in [0.5, 0.6) is 6.01 Å². The molecule has 15 heteroatoms. The van der Waals surface area contributed by atoms with Crippen molar-refractivity contribution in [2.75, 3.05) is 50.8 Å². The summed E-state index contributed by atoms with van der Waals surface area (Å²) in [5.74, 6) is -3.74. The van der Waals surface area contributed by atoms with Crippen LogP contribution in [0.4, 0.5) is 27.8 Å². The summed E-state index contributed by atoms with van der Waals surface area (Å²) >= 11 is 0.545. The van der Waals surface area contributed by atoms with Gasteiger partial charge in [-0.2, -0.15) is 14.4 Å². The van der Waals surface area contributed by atoms with Crippen LogP contribution >= 0.6 is 11.3 Å². The van der Waals surface area contributed by atoms with Gasteiger partial charge < -0.3 is 19.4 Å². The van der Waals surface area contributed by atoms with Crippen molar-refractivity contribution in [3.63, 3.8) is 0 Å². The third-order valence-corrected chi connectivity index (χ3v) is 10.3. The zero-order valence-corrected chi connectivity index (χ0v) is 25.8. The number of benzene rings is 1. The second-order valence-corrected chi connectivity index (χ2v) is 13.1. The molecule has 3 aliphatic rings. The first-order valence-electron chi connectivity index (χ1n) is 15.1. The predicted molar refractivity (Wildman–Crippen MR) is 166 cm³/mol. The van der Waals surface area contributed by atoms with Gasteiger partial charge in [-0.3, -0.25) is 14.7 Å². The Kier molecular flexibility index (Phi) is 7.96. The summed E-state index contributed by atoms with van der Waals surface area (Å²) in [7, 11) is 0. The third kappa shape index (κ3) is 5.33. The van der Waals surface area contributed by atoms with Crippen LogP contribution in [0.3, 0.4) is 0 Å². The van der Waals surface area contributed by atoms with Gasteiger partial charge in [0.15, 0.2) is 17.5 Å². The second-order valence-electron chi connectivity index (χ2n) is 12.1. The number of hydrogen-bond donors (Lipinski definition) is 0. The van der Waals surface area contributed by atoms with E-state index in [1.807, 2.05) is 0 Å². The Morgan fingerprint density at radius 3 is 2.77 bits per heavy atom. The molecule has 3 saturated heterocycles. The molecular weight excluding hydrogens is 641 g/mol. The SMILES string of the molecule is [C-]#[N+]C[C@H]1CN(c2nc(OC[C@@]34CCCN3C[C@H](F)C4)nc3c(F)c(-c4cccc5c(F)c(F)sc45)ncc23)CCN1C(=O)C(=C)F. The van der Waals surface area contributed by atoms with E-state index in [9.17, 15) is 22.4 Å². The largest absolute Gasteiger partial charge is 0.461 e. The number of halogens is 5. The Morgan fingerprint density at radius 1 is 1.15 bits per heavy atom. The lowest BCUT2D eigenvalue weighted by Crippen LogP contribution is -2.56. The number of piperazine rings is 1. The predicted octanol–water partition coefficient (Wildman–Crippen LogP) is 5.70. The monoisotopic (exact) mass is 669 g/mol. The van der Waals surface area contributed by atoms with Crippen molar-refractivity contribution < 1.29 is 31.5 Å². The molecule has 0 saturated carbocycles. The highest BCUT2D eigenvalue weighted by Gasteiger charge is 2.49. The van der Waals surface area contributed by atoms with Gasteiger partial charge in [0, 0.05) is 54.4 Å². The van der Waals surface area contributed by atoms with Gasteiger partial charge >= 0.3 is 6.01 Å². The molecule has 0 N–H and O–H groups in total. The molecule has 0 bridgehead atoms. The minimum Gasteiger partial charge on any atom is -0.461 e. The first kappa shape index (κ1) is 31.2. The lowest BCUT2D eigenvalue weighted by atomic mass is 9.95. The highest BCUT2D eigenvalue weighted by atomic mass is 32.1. The normalized spacial score (nSPS) is 23.0. The van der Waals surface area contributed by atoms with E-state index in [-0.39, 0.29) is 76.9 Å². The number of amides is 1. The molecule has 3 atom stereocenters. The number of alkyl halides is 1. The first-order valence-corrected chi connectivity index (χ1v) is 15.9. The summed E-state index contributed by atoms with van der Waals surface area (Å²) in [5, 5.41) is -0.841. The fourth-order valence-electron chi connectivity index (χ4n) is 7.14. The van der Waals surface area contributed by atoms with Crippen LogP contribution in [0.25, 0.3) is 37.1 Å². The van der Waals surface area contributed by atoms with Crippen molar-refractivity contribution in [3.05, 3.63) is 65.0 Å². The molecule has 1 aromatic carbocycles. The summed E-state index contributed by atoms with van der Waals surface area (Å²) in [6, 6.07) is 3.50. The van der Waals surface area contributed by atoms with E-state index < -0.39 is 46.3 Å². The molecule has 3 fully saturated rings. The van der Waals surface area contributed by atoms with Crippen LogP contribution in [-0.2, 0) is 4.79 Å². The molecule has 0 spiro atoms. The van der Waals surface area contributed by atoms with Gasteiger partial charge in [0.1, 0.15) is 35.8 Å². The quantitative estimate of drug-likeness (QED) is 0.142. The van der Waals surface area contributed by atoms with Gasteiger partial charge in [-0.1, -0.05) is 24.8 Å². The smallest absolute Gasteiger partial charge is 0.319 e. The highest BCUT2D eigenvalue weighted by Crippen LogP contribution is 2.42. The standard InChI is InChI=1S/C32H28F5N7O2S/c1-17(33)30(45)44-10-9-42(15-19(44)12-38-2)29-22-13-39-25(21-6-3-5-20-23(35)28(37)47-27(20)21)24(36)26(22)40-31(41-29)46-16-32-7-4-8-43(32)14-18(34)11-32/h3,5-6,13,18-19H,1,4,7-12,14-16H2/t18-,19+,32+/m1/s1. The number of ether oxygens (including phenoxy) is 1. The molecule has 0 unspecified atom stereocenters. The van der Waals surface area contributed by atoms with E-state index in [4.69, 9.17) is 11.3 Å². The Labute approximate surface area is 270 Å². The molecule has 47 heavy (non-hydrogen) atoms. The van der Waals surface area contributed by atoms with E-state index >= 15 is 4.39 Å². The number of carbonyl (C=O) groups is 1. The van der Waals surface area contributed by atoms with Gasteiger partial charge in [-0.05, 0) is 19.4 Å². The van der Waals surface area contributed by atoms with Gasteiger partial charge in [0.2, 0.25) is 11.7 Å². The van der Waals surface area contributed by atoms with Gasteiger partial charge in [0.25, 0.3) is 5.91 Å². The molecule has 244 valence electrons. The fraction of sp³-hybridized carbons (Fsp3) is 0.406. The number of carbonyl (C=O) groups excluding carboxylic acids is 1. The number of nitrogens with zero attached hydrogens (tertiary/aromatic N) is 7. The summed E-state index contributed by atoms with van der Waals surface area (Å²) < 4.78 is 79.8. The van der Waals surface area contributed by atoms with Crippen molar-refractivity contribution in [3.8, 4) is 17.3 Å². The molecule has 0 aliphatic carbocycles. The van der Waals surface area contributed by atoms with Crippen LogP contribution in [0.2, 0.25) is 0 Å². The fourth-order valence-corrected chi connectivity index (χ4v) is 8.06. The summed E-state index contributed by atoms with van der Waals surface area (Å²) in [6.07, 6.45) is 2.27. The van der Waals surface area contributed by atoms with E-state index in [1.165, 1.54) is 29.3 Å². The molecule has 9 nitrogen and oxygen atoms in total. The molecule has 3 aliphatic heterocycles. The Bertz CT molecular complexity index is 1970. The Hall–Kier alpha value is -4.42. The number of anilines is 1. The summed E-state index contributed by atoms with van der Waals surface area (Å²) in [6.45, 7) is 11.7. The van der Waals surface area contributed by atoms with Crippen molar-refractivity contribution in [2.45, 2.75) is 37.0 Å². The van der Waals surface area contributed by atoms with E-state index in [2.05, 4.69) is 31.3 Å². The maximum Gasteiger partial charge on any atom is 0.319 e. The van der Waals surface area contributed by atoms with Crippen molar-refractivity contribution >= 4 is 44.1 Å². The lowest BCUT2D eigenvalue weighted by Gasteiger charge is -2.39. The number of aromatic nitrogens is 3. The van der Waals surface area contributed by atoms with Crippen molar-refractivity contribution in [1.82, 2.24) is 24.8 Å². The minimum atomic E-state index is -1.14. The molecule has 6 heterocycles. The van der Waals surface area contributed by atoms with Crippen LogP contribution in [0, 0.1) is 23.3 Å². The molecule has 4 aromatic rings. The second kappa shape index (κ2) is 12.0. The summed E-state index contributed by atoms with van der Waals surface area (Å²) in [4.78, 5) is 34.4. The van der Waals surface area contributed by atoms with E-state index in [0.29, 0.717) is 24.3 Å². The van der Waals surface area contributed by atoms with E-state index in [1.54, 1.807) is 4.90 Å². The Morgan fingerprint density at radius 2 is 1.98 bits per heavy atom. The zero-order valence-electron chi connectivity index (χ0n) is 25.0.